The van der Waals surface area contributed by atoms with E-state index >= 15 is 0 Å². The number of ether oxygens (including phenoxy) is 3. The molecule has 1 aliphatic carbocycles. The van der Waals surface area contributed by atoms with Gasteiger partial charge in [0.1, 0.15) is 11.5 Å². The van der Waals surface area contributed by atoms with Crippen LogP contribution in [0, 0.1) is 0 Å². The van der Waals surface area contributed by atoms with Gasteiger partial charge in [-0.25, -0.2) is 0 Å². The Balaban J connectivity index is 2.40. The highest BCUT2D eigenvalue weighted by atomic mass is 16.5. The molecule has 0 bridgehead atoms. The minimum absolute atomic E-state index is 0.0882. The number of aliphatic hydroxyl groups is 1. The van der Waals surface area contributed by atoms with Gasteiger partial charge in [0.2, 0.25) is 23.1 Å². The maximum atomic E-state index is 12.7. The Hall–Kier alpha value is -2.54. The number of carbonyl (C=O) groups is 2. The summed E-state index contributed by atoms with van der Waals surface area (Å²) in [6.07, 6.45) is -0.205. The van der Waals surface area contributed by atoms with Crippen molar-refractivity contribution >= 4 is 11.6 Å². The molecule has 0 unspecified atom stereocenters. The molecule has 24 heavy (non-hydrogen) atoms. The van der Waals surface area contributed by atoms with Crippen LogP contribution in [0.4, 0.5) is 0 Å². The molecule has 128 valence electrons. The first kappa shape index (κ1) is 16.3. The van der Waals surface area contributed by atoms with Crippen LogP contribution in [-0.4, -0.2) is 42.1 Å². The molecule has 1 aromatic carbocycles. The average molecular weight is 334 g/mol. The lowest BCUT2D eigenvalue weighted by Gasteiger charge is -2.32. The molecule has 2 N–H and O–H groups in total. The second kappa shape index (κ2) is 5.52. The number of rotatable bonds is 2. The molecule has 7 heteroatoms. The summed E-state index contributed by atoms with van der Waals surface area (Å²) in [6, 6.07) is 0. The molecule has 0 spiro atoms. The van der Waals surface area contributed by atoms with Gasteiger partial charge in [0.25, 0.3) is 0 Å². The molecule has 1 aliphatic heterocycles. The average Bonchev–Trinajstić information content (AvgIpc) is 2.52. The molecule has 2 aliphatic rings. The molecular weight excluding hydrogens is 316 g/mol. The van der Waals surface area contributed by atoms with E-state index < -0.39 is 29.2 Å². The number of Topliss-reactive ketones (excluding diaryl/α,β-unsaturated/α-hetero) is 2. The molecule has 0 saturated heterocycles. The topological polar surface area (TPSA) is 102 Å². The fraction of sp³-hybridized carbons (Fsp3) is 0.412. The maximum absolute atomic E-state index is 12.7. The SMILES string of the molecule is COC1=C(O)C(=O)c2c(O)c3c(c(OC)c2C1=O)C[C@@H](C)O[C@@H]3C. The third-order valence-corrected chi connectivity index (χ3v) is 4.40. The number of fused-ring (bicyclic) bond motifs is 2. The monoisotopic (exact) mass is 334 g/mol. The van der Waals surface area contributed by atoms with Crippen molar-refractivity contribution in [3.63, 3.8) is 0 Å². The van der Waals surface area contributed by atoms with Crippen LogP contribution in [0.1, 0.15) is 51.8 Å². The molecule has 3 rings (SSSR count). The number of aromatic hydroxyl groups is 1. The van der Waals surface area contributed by atoms with E-state index in [4.69, 9.17) is 14.2 Å². The van der Waals surface area contributed by atoms with Gasteiger partial charge in [-0.2, -0.15) is 0 Å². The van der Waals surface area contributed by atoms with Crippen molar-refractivity contribution < 1.29 is 34.0 Å². The summed E-state index contributed by atoms with van der Waals surface area (Å²) in [6.45, 7) is 3.61. The van der Waals surface area contributed by atoms with Crippen molar-refractivity contribution in [2.45, 2.75) is 32.5 Å². The van der Waals surface area contributed by atoms with E-state index in [-0.39, 0.29) is 28.7 Å². The number of allylic oxidation sites excluding steroid dienone is 2. The predicted molar refractivity (Wildman–Crippen MR) is 82.6 cm³/mol. The molecule has 1 aromatic rings. The molecule has 7 nitrogen and oxygen atoms in total. The second-order valence-electron chi connectivity index (χ2n) is 5.86. The van der Waals surface area contributed by atoms with Crippen LogP contribution in [0.3, 0.4) is 0 Å². The van der Waals surface area contributed by atoms with Crippen LogP contribution in [-0.2, 0) is 15.9 Å². The largest absolute Gasteiger partial charge is 0.507 e. The van der Waals surface area contributed by atoms with E-state index in [0.717, 1.165) is 0 Å². The van der Waals surface area contributed by atoms with Crippen molar-refractivity contribution in [3.05, 3.63) is 33.8 Å². The van der Waals surface area contributed by atoms with Crippen LogP contribution in [0.5, 0.6) is 11.5 Å². The number of phenols is 1. The lowest BCUT2D eigenvalue weighted by molar-refractivity contribution is -0.00678. The van der Waals surface area contributed by atoms with Crippen LogP contribution in [0.2, 0.25) is 0 Å². The molecule has 0 aromatic heterocycles. The fourth-order valence-electron chi connectivity index (χ4n) is 3.47. The Kier molecular flexibility index (Phi) is 3.76. The highest BCUT2D eigenvalue weighted by molar-refractivity contribution is 6.27. The molecule has 0 amide bonds. The van der Waals surface area contributed by atoms with Gasteiger partial charge in [0.15, 0.2) is 0 Å². The normalized spacial score (nSPS) is 23.0. The second-order valence-corrected chi connectivity index (χ2v) is 5.86. The van der Waals surface area contributed by atoms with E-state index in [9.17, 15) is 19.8 Å². The Bertz CT molecular complexity index is 791. The molecule has 2 atom stereocenters. The van der Waals surface area contributed by atoms with E-state index in [1.165, 1.54) is 14.2 Å². The summed E-state index contributed by atoms with van der Waals surface area (Å²) in [5, 5.41) is 20.6. The molecule has 0 saturated carbocycles. The predicted octanol–water partition coefficient (Wildman–Crippen LogP) is 2.22. The number of methoxy groups -OCH3 is 2. The summed E-state index contributed by atoms with van der Waals surface area (Å²) >= 11 is 0. The fourth-order valence-corrected chi connectivity index (χ4v) is 3.47. The van der Waals surface area contributed by atoms with Gasteiger partial charge in [0, 0.05) is 17.5 Å². The van der Waals surface area contributed by atoms with Gasteiger partial charge in [-0.05, 0) is 13.8 Å². The highest BCUT2D eigenvalue weighted by Gasteiger charge is 2.42. The number of aliphatic hydroxyl groups excluding tert-OH is 1. The molecule has 1 heterocycles. The Morgan fingerprint density at radius 1 is 1.04 bits per heavy atom. The van der Waals surface area contributed by atoms with Crippen molar-refractivity contribution in [3.8, 4) is 11.5 Å². The number of benzene rings is 1. The van der Waals surface area contributed by atoms with Gasteiger partial charge in [0.05, 0.1) is 37.6 Å². The lowest BCUT2D eigenvalue weighted by Crippen LogP contribution is -2.29. The van der Waals surface area contributed by atoms with Crippen LogP contribution >= 0.6 is 0 Å². The van der Waals surface area contributed by atoms with E-state index in [1.54, 1.807) is 6.92 Å². The first-order valence-electron chi connectivity index (χ1n) is 7.51. The van der Waals surface area contributed by atoms with Crippen molar-refractivity contribution in [1.82, 2.24) is 0 Å². The zero-order chi connectivity index (χ0) is 17.8. The number of carbonyl (C=O) groups excluding carboxylic acids is 2. The minimum Gasteiger partial charge on any atom is -0.507 e. The first-order chi connectivity index (χ1) is 11.3. The zero-order valence-corrected chi connectivity index (χ0v) is 13.8. The third-order valence-electron chi connectivity index (χ3n) is 4.40. The summed E-state index contributed by atoms with van der Waals surface area (Å²) in [5.41, 5.74) is 0.658. The Morgan fingerprint density at radius 3 is 2.29 bits per heavy atom. The van der Waals surface area contributed by atoms with Gasteiger partial charge >= 0.3 is 0 Å². The molecule has 0 fully saturated rings. The van der Waals surface area contributed by atoms with Crippen molar-refractivity contribution in [2.24, 2.45) is 0 Å². The number of hydrogen-bond acceptors (Lipinski definition) is 7. The summed E-state index contributed by atoms with van der Waals surface area (Å²) < 4.78 is 16.0. The van der Waals surface area contributed by atoms with Crippen LogP contribution < -0.4 is 4.74 Å². The van der Waals surface area contributed by atoms with E-state index in [1.807, 2.05) is 6.92 Å². The minimum atomic E-state index is -0.883. The Morgan fingerprint density at radius 2 is 1.71 bits per heavy atom. The molecule has 0 radical (unpaired) electrons. The summed E-state index contributed by atoms with van der Waals surface area (Å²) in [7, 11) is 2.57. The maximum Gasteiger partial charge on any atom is 0.236 e. The first-order valence-corrected chi connectivity index (χ1v) is 7.51. The molecular formula is C17H18O7. The van der Waals surface area contributed by atoms with Gasteiger partial charge in [-0.3, -0.25) is 9.59 Å². The number of phenolic OH excluding ortho intramolecular Hbond substituents is 1. The number of ketones is 2. The standard InChI is InChI=1S/C17H18O7/c1-6-5-8-9(7(2)24-6)12(18)10-11(16(8)22-3)14(20)17(23-4)15(21)13(10)19/h6-7,18,21H,5H2,1-4H3/t6-,7-/m1/s1. The number of hydrogen-bond donors (Lipinski definition) is 2. The summed E-state index contributed by atoms with van der Waals surface area (Å²) in [4.78, 5) is 25.1. The van der Waals surface area contributed by atoms with Crippen molar-refractivity contribution in [1.29, 1.82) is 0 Å². The zero-order valence-electron chi connectivity index (χ0n) is 13.8. The van der Waals surface area contributed by atoms with Gasteiger partial charge < -0.3 is 24.4 Å². The quantitative estimate of drug-likeness (QED) is 0.855. The smallest absolute Gasteiger partial charge is 0.236 e. The summed E-state index contributed by atoms with van der Waals surface area (Å²) in [5.74, 6) is -3.03. The van der Waals surface area contributed by atoms with Crippen LogP contribution in [0.15, 0.2) is 11.5 Å². The van der Waals surface area contributed by atoms with Crippen molar-refractivity contribution in [2.75, 3.05) is 14.2 Å². The Labute approximate surface area is 138 Å². The van der Waals surface area contributed by atoms with E-state index in [0.29, 0.717) is 17.5 Å². The van der Waals surface area contributed by atoms with Gasteiger partial charge in [-0.1, -0.05) is 0 Å². The van der Waals surface area contributed by atoms with Crippen LogP contribution in [0.25, 0.3) is 0 Å². The third kappa shape index (κ3) is 2.01. The van der Waals surface area contributed by atoms with E-state index in [2.05, 4.69) is 0 Å². The van der Waals surface area contributed by atoms with Gasteiger partial charge in [-0.15, -0.1) is 0 Å². The highest BCUT2D eigenvalue weighted by Crippen LogP contribution is 2.48. The lowest BCUT2D eigenvalue weighted by atomic mass is 9.82.